The zero-order valence-electron chi connectivity index (χ0n) is 16.3. The summed E-state index contributed by atoms with van der Waals surface area (Å²) in [6, 6.07) is 4.03. The highest BCUT2D eigenvalue weighted by molar-refractivity contribution is 5.98. The SMILES string of the molecule is CC(C)NC(=O)N(C)C[C@H]1Oc2c(cccc2[N+](=O)[O-])C(=O)N(C)C[C@@H]1C. The van der Waals surface area contributed by atoms with Crippen LogP contribution in [0.2, 0.25) is 0 Å². The fourth-order valence-electron chi connectivity index (χ4n) is 2.99. The Morgan fingerprint density at radius 2 is 2.15 bits per heavy atom. The van der Waals surface area contributed by atoms with E-state index in [0.717, 1.165) is 0 Å². The van der Waals surface area contributed by atoms with Gasteiger partial charge in [-0.15, -0.1) is 0 Å². The number of fused-ring (bicyclic) bond motifs is 1. The van der Waals surface area contributed by atoms with Crippen molar-refractivity contribution in [3.8, 4) is 5.75 Å². The molecule has 1 aliphatic rings. The van der Waals surface area contributed by atoms with Crippen LogP contribution in [0.5, 0.6) is 5.75 Å². The Kier molecular flexibility index (Phi) is 6.24. The van der Waals surface area contributed by atoms with Gasteiger partial charge in [0.05, 0.1) is 17.0 Å². The molecule has 9 nitrogen and oxygen atoms in total. The summed E-state index contributed by atoms with van der Waals surface area (Å²) in [6.45, 7) is 6.25. The van der Waals surface area contributed by atoms with Crippen molar-refractivity contribution in [3.63, 3.8) is 0 Å². The molecule has 2 atom stereocenters. The van der Waals surface area contributed by atoms with Crippen molar-refractivity contribution in [1.82, 2.24) is 15.1 Å². The van der Waals surface area contributed by atoms with Crippen LogP contribution in [0, 0.1) is 16.0 Å². The molecule has 0 saturated carbocycles. The average molecular weight is 378 g/mol. The van der Waals surface area contributed by atoms with Crippen LogP contribution in [-0.4, -0.2) is 66.0 Å². The van der Waals surface area contributed by atoms with E-state index < -0.39 is 11.0 Å². The molecule has 148 valence electrons. The van der Waals surface area contributed by atoms with Gasteiger partial charge in [-0.05, 0) is 19.9 Å². The Labute approximate surface area is 158 Å². The molecular weight excluding hydrogens is 352 g/mol. The van der Waals surface area contributed by atoms with Gasteiger partial charge in [-0.25, -0.2) is 4.79 Å². The number of rotatable bonds is 4. The summed E-state index contributed by atoms with van der Waals surface area (Å²) in [5, 5.41) is 14.2. The van der Waals surface area contributed by atoms with Gasteiger partial charge in [0.15, 0.2) is 0 Å². The third kappa shape index (κ3) is 4.66. The third-order valence-corrected chi connectivity index (χ3v) is 4.45. The van der Waals surface area contributed by atoms with Gasteiger partial charge in [0.2, 0.25) is 5.75 Å². The fourth-order valence-corrected chi connectivity index (χ4v) is 2.99. The molecule has 2 rings (SSSR count). The molecular formula is C18H26N4O5. The number of amides is 3. The van der Waals surface area contributed by atoms with Gasteiger partial charge in [-0.2, -0.15) is 0 Å². The summed E-state index contributed by atoms with van der Waals surface area (Å²) in [7, 11) is 3.29. The second-order valence-electron chi connectivity index (χ2n) is 7.21. The van der Waals surface area contributed by atoms with Crippen LogP contribution >= 0.6 is 0 Å². The molecule has 1 aromatic rings. The number of hydrogen-bond acceptors (Lipinski definition) is 5. The second-order valence-corrected chi connectivity index (χ2v) is 7.21. The smallest absolute Gasteiger partial charge is 0.317 e. The molecule has 1 aromatic carbocycles. The maximum atomic E-state index is 12.6. The molecule has 0 bridgehead atoms. The van der Waals surface area contributed by atoms with Crippen molar-refractivity contribution in [2.24, 2.45) is 5.92 Å². The maximum Gasteiger partial charge on any atom is 0.317 e. The van der Waals surface area contributed by atoms with E-state index in [1.165, 1.54) is 28.0 Å². The summed E-state index contributed by atoms with van der Waals surface area (Å²) >= 11 is 0. The van der Waals surface area contributed by atoms with Crippen molar-refractivity contribution in [2.75, 3.05) is 27.2 Å². The zero-order valence-corrected chi connectivity index (χ0v) is 16.3. The number of ether oxygens (including phenoxy) is 1. The molecule has 0 aliphatic carbocycles. The van der Waals surface area contributed by atoms with Crippen molar-refractivity contribution in [1.29, 1.82) is 0 Å². The van der Waals surface area contributed by atoms with E-state index in [0.29, 0.717) is 6.54 Å². The van der Waals surface area contributed by atoms with Crippen LogP contribution in [0.15, 0.2) is 18.2 Å². The summed E-state index contributed by atoms with van der Waals surface area (Å²) in [5.41, 5.74) is -0.111. The van der Waals surface area contributed by atoms with E-state index in [-0.39, 0.29) is 47.4 Å². The highest BCUT2D eigenvalue weighted by atomic mass is 16.6. The van der Waals surface area contributed by atoms with Gasteiger partial charge >= 0.3 is 11.7 Å². The van der Waals surface area contributed by atoms with Crippen LogP contribution in [-0.2, 0) is 0 Å². The molecule has 3 amide bonds. The Bertz CT molecular complexity index is 736. The Morgan fingerprint density at radius 1 is 1.48 bits per heavy atom. The number of nitro benzene ring substituents is 1. The Morgan fingerprint density at radius 3 is 2.74 bits per heavy atom. The predicted molar refractivity (Wildman–Crippen MR) is 99.9 cm³/mol. The first-order valence-corrected chi connectivity index (χ1v) is 8.83. The lowest BCUT2D eigenvalue weighted by Crippen LogP contribution is -2.49. The van der Waals surface area contributed by atoms with Crippen LogP contribution in [0.25, 0.3) is 0 Å². The van der Waals surface area contributed by atoms with E-state index >= 15 is 0 Å². The number of likely N-dealkylation sites (N-methyl/N-ethyl adjacent to an activating group) is 1. The molecule has 0 spiro atoms. The molecule has 9 heteroatoms. The van der Waals surface area contributed by atoms with Gasteiger partial charge < -0.3 is 19.9 Å². The zero-order chi connectivity index (χ0) is 20.3. The lowest BCUT2D eigenvalue weighted by Gasteiger charge is -2.34. The largest absolute Gasteiger partial charge is 0.481 e. The van der Waals surface area contributed by atoms with Crippen LogP contribution in [0.4, 0.5) is 10.5 Å². The lowest BCUT2D eigenvalue weighted by molar-refractivity contribution is -0.386. The monoisotopic (exact) mass is 378 g/mol. The Balaban J connectivity index is 2.37. The van der Waals surface area contributed by atoms with E-state index in [1.807, 2.05) is 20.8 Å². The number of carbonyl (C=O) groups excluding carboxylic acids is 2. The van der Waals surface area contributed by atoms with E-state index in [1.54, 1.807) is 14.1 Å². The number of nitrogens with zero attached hydrogens (tertiary/aromatic N) is 3. The van der Waals surface area contributed by atoms with Crippen LogP contribution in [0.3, 0.4) is 0 Å². The van der Waals surface area contributed by atoms with Gasteiger partial charge in [0.1, 0.15) is 6.10 Å². The molecule has 0 fully saturated rings. The van der Waals surface area contributed by atoms with Crippen molar-refractivity contribution in [3.05, 3.63) is 33.9 Å². The van der Waals surface area contributed by atoms with Gasteiger partial charge in [0, 0.05) is 38.7 Å². The molecule has 27 heavy (non-hydrogen) atoms. The van der Waals surface area contributed by atoms with Crippen molar-refractivity contribution < 1.29 is 19.2 Å². The Hall–Kier alpha value is -2.84. The standard InChI is InChI=1S/C18H26N4O5/c1-11(2)19-18(24)21(5)10-15-12(3)9-20(4)17(23)13-7-6-8-14(22(25)26)16(13)27-15/h6-8,11-12,15H,9-10H2,1-5H3,(H,19,24)/t12-,15+/m0/s1. The summed E-state index contributed by atoms with van der Waals surface area (Å²) in [6.07, 6.45) is -0.511. The van der Waals surface area contributed by atoms with Crippen LogP contribution < -0.4 is 10.1 Å². The molecule has 0 radical (unpaired) electrons. The third-order valence-electron chi connectivity index (χ3n) is 4.45. The molecule has 1 aliphatic heterocycles. The summed E-state index contributed by atoms with van der Waals surface area (Å²) < 4.78 is 5.98. The maximum absolute atomic E-state index is 12.6. The minimum atomic E-state index is -0.565. The fraction of sp³-hybridized carbons (Fsp3) is 0.556. The highest BCUT2D eigenvalue weighted by Gasteiger charge is 2.34. The number of nitro groups is 1. The minimum Gasteiger partial charge on any atom is -0.481 e. The van der Waals surface area contributed by atoms with Gasteiger partial charge in [0.25, 0.3) is 5.91 Å². The molecule has 0 saturated heterocycles. The van der Waals surface area contributed by atoms with Crippen LogP contribution in [0.1, 0.15) is 31.1 Å². The number of hydrogen-bond donors (Lipinski definition) is 1. The van der Waals surface area contributed by atoms with E-state index in [9.17, 15) is 19.7 Å². The minimum absolute atomic E-state index is 0.0128. The lowest BCUT2D eigenvalue weighted by atomic mass is 10.0. The molecule has 1 N–H and O–H groups in total. The van der Waals surface area contributed by atoms with Crippen molar-refractivity contribution in [2.45, 2.75) is 32.9 Å². The quantitative estimate of drug-likeness (QED) is 0.638. The van der Waals surface area contributed by atoms with Crippen molar-refractivity contribution >= 4 is 17.6 Å². The number of benzene rings is 1. The molecule has 1 heterocycles. The number of carbonyl (C=O) groups is 2. The average Bonchev–Trinajstić information content (AvgIpc) is 2.58. The normalized spacial score (nSPS) is 19.6. The highest BCUT2D eigenvalue weighted by Crippen LogP contribution is 2.35. The first-order chi connectivity index (χ1) is 12.6. The molecule has 0 aromatic heterocycles. The van der Waals surface area contributed by atoms with Gasteiger partial charge in [-0.3, -0.25) is 14.9 Å². The number of urea groups is 1. The van der Waals surface area contributed by atoms with E-state index in [2.05, 4.69) is 5.32 Å². The summed E-state index contributed by atoms with van der Waals surface area (Å²) in [4.78, 5) is 38.7. The van der Waals surface area contributed by atoms with Gasteiger partial charge in [-0.1, -0.05) is 13.0 Å². The number of nitrogens with one attached hydrogen (secondary N) is 1. The topological polar surface area (TPSA) is 105 Å². The van der Waals surface area contributed by atoms with E-state index in [4.69, 9.17) is 4.74 Å². The second kappa shape index (κ2) is 8.24. The molecule has 0 unspecified atom stereocenters. The predicted octanol–water partition coefficient (Wildman–Crippen LogP) is 2.11. The first kappa shape index (κ1) is 20.5. The number of para-hydroxylation sites is 1. The first-order valence-electron chi connectivity index (χ1n) is 8.83. The summed E-state index contributed by atoms with van der Waals surface area (Å²) in [5.74, 6) is -0.514.